The molecule has 0 aromatic heterocycles. The molecule has 2 N–H and O–H groups in total. The average Bonchev–Trinajstić information content (AvgIpc) is 2.57. The van der Waals surface area contributed by atoms with Crippen molar-refractivity contribution < 1.29 is 19.0 Å². The Labute approximate surface area is 134 Å². The van der Waals surface area contributed by atoms with E-state index in [-0.39, 0.29) is 24.9 Å². The number of aliphatic hydroxyl groups excluding tert-OH is 1. The first-order valence-electron chi connectivity index (χ1n) is 7.38. The predicted octanol–water partition coefficient (Wildman–Crippen LogP) is 2.44. The van der Waals surface area contributed by atoms with Crippen LogP contribution in [0.15, 0.2) is 42.5 Å². The van der Waals surface area contributed by atoms with Crippen LogP contribution in [0.3, 0.4) is 0 Å². The zero-order valence-electron chi connectivity index (χ0n) is 13.0. The molecule has 122 valence electrons. The van der Waals surface area contributed by atoms with Crippen molar-refractivity contribution in [1.29, 1.82) is 0 Å². The molecule has 0 spiro atoms. The van der Waals surface area contributed by atoms with E-state index in [9.17, 15) is 9.18 Å². The molecule has 2 aromatic carbocycles. The molecule has 1 amide bonds. The highest BCUT2D eigenvalue weighted by Gasteiger charge is 2.09. The number of carbonyl (C=O) groups is 1. The average molecular weight is 317 g/mol. The summed E-state index contributed by atoms with van der Waals surface area (Å²) in [5.41, 5.74) is 2.70. The molecule has 0 bridgehead atoms. The lowest BCUT2D eigenvalue weighted by molar-refractivity contribution is 0.0953. The summed E-state index contributed by atoms with van der Waals surface area (Å²) in [6, 6.07) is 11.8. The van der Waals surface area contributed by atoms with Gasteiger partial charge < -0.3 is 15.2 Å². The maximum absolute atomic E-state index is 13.5. The van der Waals surface area contributed by atoms with Crippen LogP contribution in [-0.2, 0) is 24.4 Å². The third kappa shape index (κ3) is 4.87. The van der Waals surface area contributed by atoms with Crippen molar-refractivity contribution >= 4 is 5.91 Å². The number of hydrogen-bond donors (Lipinski definition) is 2. The van der Waals surface area contributed by atoms with E-state index in [1.165, 1.54) is 25.3 Å². The number of nitrogens with one attached hydrogen (secondary N) is 1. The number of benzene rings is 2. The topological polar surface area (TPSA) is 58.6 Å². The van der Waals surface area contributed by atoms with Gasteiger partial charge in [0.25, 0.3) is 5.91 Å². The van der Waals surface area contributed by atoms with E-state index in [4.69, 9.17) is 9.84 Å². The number of rotatable bonds is 7. The smallest absolute Gasteiger partial charge is 0.251 e. The molecule has 0 saturated carbocycles. The van der Waals surface area contributed by atoms with Crippen LogP contribution in [0.2, 0.25) is 0 Å². The Hall–Kier alpha value is -2.24. The first-order valence-corrected chi connectivity index (χ1v) is 7.38. The van der Waals surface area contributed by atoms with Crippen molar-refractivity contribution in [2.75, 3.05) is 13.7 Å². The Morgan fingerprint density at radius 2 is 1.87 bits per heavy atom. The number of halogens is 1. The van der Waals surface area contributed by atoms with Crippen molar-refractivity contribution in [2.45, 2.75) is 19.6 Å². The van der Waals surface area contributed by atoms with Gasteiger partial charge in [0.1, 0.15) is 5.82 Å². The van der Waals surface area contributed by atoms with Crippen molar-refractivity contribution in [3.8, 4) is 0 Å². The Kier molecular flexibility index (Phi) is 6.26. The number of methoxy groups -OCH3 is 1. The van der Waals surface area contributed by atoms with Crippen LogP contribution >= 0.6 is 0 Å². The molecule has 0 atom stereocenters. The summed E-state index contributed by atoms with van der Waals surface area (Å²) in [5.74, 6) is -0.623. The molecule has 5 heteroatoms. The number of hydrogen-bond acceptors (Lipinski definition) is 3. The van der Waals surface area contributed by atoms with Gasteiger partial charge in [0.15, 0.2) is 0 Å². The zero-order chi connectivity index (χ0) is 16.7. The van der Waals surface area contributed by atoms with E-state index in [1.54, 1.807) is 0 Å². The second-order valence-corrected chi connectivity index (χ2v) is 5.22. The molecule has 0 fully saturated rings. The fraction of sp³-hybridized carbons (Fsp3) is 0.278. The van der Waals surface area contributed by atoms with Crippen LogP contribution in [0, 0.1) is 5.82 Å². The molecule has 2 rings (SSSR count). The summed E-state index contributed by atoms with van der Waals surface area (Å²) >= 11 is 0. The second kappa shape index (κ2) is 8.41. The van der Waals surface area contributed by atoms with Crippen LogP contribution in [0.4, 0.5) is 4.39 Å². The number of amides is 1. The maximum atomic E-state index is 13.5. The number of carbonyl (C=O) groups excluding carboxylic acids is 1. The van der Waals surface area contributed by atoms with Crippen molar-refractivity contribution in [3.05, 3.63) is 70.5 Å². The number of ether oxygens (including phenoxy) is 1. The van der Waals surface area contributed by atoms with Crippen LogP contribution in [0.25, 0.3) is 0 Å². The minimum absolute atomic E-state index is 0.0192. The normalized spacial score (nSPS) is 10.6. The van der Waals surface area contributed by atoms with Crippen LogP contribution < -0.4 is 5.32 Å². The molecular weight excluding hydrogens is 297 g/mol. The molecule has 0 heterocycles. The Balaban J connectivity index is 1.90. The highest BCUT2D eigenvalue weighted by molar-refractivity contribution is 5.94. The van der Waals surface area contributed by atoms with E-state index in [0.29, 0.717) is 24.1 Å². The van der Waals surface area contributed by atoms with Gasteiger partial charge >= 0.3 is 0 Å². The van der Waals surface area contributed by atoms with Gasteiger partial charge in [-0.2, -0.15) is 0 Å². The van der Waals surface area contributed by atoms with Gasteiger partial charge in [0.05, 0.1) is 13.2 Å². The summed E-state index contributed by atoms with van der Waals surface area (Å²) in [5, 5.41) is 11.8. The third-order valence-electron chi connectivity index (χ3n) is 3.51. The molecule has 0 aliphatic rings. The fourth-order valence-electron chi connectivity index (χ4n) is 2.22. The van der Waals surface area contributed by atoms with Gasteiger partial charge in [-0.05, 0) is 35.7 Å². The van der Waals surface area contributed by atoms with Gasteiger partial charge in [-0.15, -0.1) is 0 Å². The molecule has 0 aliphatic heterocycles. The van der Waals surface area contributed by atoms with E-state index < -0.39 is 0 Å². The highest BCUT2D eigenvalue weighted by Crippen LogP contribution is 2.12. The fourth-order valence-corrected chi connectivity index (χ4v) is 2.22. The van der Waals surface area contributed by atoms with E-state index >= 15 is 0 Å². The van der Waals surface area contributed by atoms with Gasteiger partial charge in [0, 0.05) is 24.8 Å². The van der Waals surface area contributed by atoms with Crippen LogP contribution in [0.5, 0.6) is 0 Å². The van der Waals surface area contributed by atoms with Crippen molar-refractivity contribution in [2.24, 2.45) is 0 Å². The van der Waals surface area contributed by atoms with Crippen molar-refractivity contribution in [1.82, 2.24) is 5.32 Å². The first-order chi connectivity index (χ1) is 11.1. The maximum Gasteiger partial charge on any atom is 0.251 e. The summed E-state index contributed by atoms with van der Waals surface area (Å²) in [6.45, 7) is 0.629. The molecule has 23 heavy (non-hydrogen) atoms. The van der Waals surface area contributed by atoms with Gasteiger partial charge in [-0.3, -0.25) is 4.79 Å². The highest BCUT2D eigenvalue weighted by atomic mass is 19.1. The molecular formula is C18H20FNO3. The van der Waals surface area contributed by atoms with Crippen LogP contribution in [-0.4, -0.2) is 24.7 Å². The van der Waals surface area contributed by atoms with Crippen molar-refractivity contribution in [3.63, 3.8) is 0 Å². The molecule has 2 aromatic rings. The first kappa shape index (κ1) is 17.1. The SMILES string of the molecule is COCc1cc(C(=O)NCCc2ccc(CO)cc2)ccc1F. The van der Waals surface area contributed by atoms with Gasteiger partial charge in [-0.25, -0.2) is 4.39 Å². The predicted molar refractivity (Wildman–Crippen MR) is 85.5 cm³/mol. The summed E-state index contributed by atoms with van der Waals surface area (Å²) in [4.78, 5) is 12.1. The molecule has 0 unspecified atom stereocenters. The van der Waals surface area contributed by atoms with Gasteiger partial charge in [-0.1, -0.05) is 24.3 Å². The summed E-state index contributed by atoms with van der Waals surface area (Å²) in [6.07, 6.45) is 0.684. The lowest BCUT2D eigenvalue weighted by Crippen LogP contribution is -2.25. The molecule has 0 radical (unpaired) electrons. The van der Waals surface area contributed by atoms with Gasteiger partial charge in [0.2, 0.25) is 0 Å². The Morgan fingerprint density at radius 1 is 1.17 bits per heavy atom. The molecule has 0 saturated heterocycles. The lowest BCUT2D eigenvalue weighted by atomic mass is 10.1. The third-order valence-corrected chi connectivity index (χ3v) is 3.51. The Morgan fingerprint density at radius 3 is 2.52 bits per heavy atom. The second-order valence-electron chi connectivity index (χ2n) is 5.22. The minimum Gasteiger partial charge on any atom is -0.392 e. The molecule has 4 nitrogen and oxygen atoms in total. The Bertz CT molecular complexity index is 656. The standard InChI is InChI=1S/C18H20FNO3/c1-23-12-16-10-15(6-7-17(16)19)18(22)20-9-8-13-2-4-14(11-21)5-3-13/h2-7,10,21H,8-9,11-12H2,1H3,(H,20,22). The summed E-state index contributed by atoms with van der Waals surface area (Å²) < 4.78 is 18.4. The van der Waals surface area contributed by atoms with E-state index in [1.807, 2.05) is 24.3 Å². The molecule has 0 aliphatic carbocycles. The lowest BCUT2D eigenvalue weighted by Gasteiger charge is -2.08. The largest absolute Gasteiger partial charge is 0.392 e. The quantitative estimate of drug-likeness (QED) is 0.824. The minimum atomic E-state index is -0.382. The van der Waals surface area contributed by atoms with Crippen LogP contribution in [0.1, 0.15) is 27.0 Å². The number of aliphatic hydroxyl groups is 1. The zero-order valence-corrected chi connectivity index (χ0v) is 13.0. The van der Waals surface area contributed by atoms with E-state index in [2.05, 4.69) is 5.32 Å². The van der Waals surface area contributed by atoms with E-state index in [0.717, 1.165) is 11.1 Å². The monoisotopic (exact) mass is 317 g/mol. The summed E-state index contributed by atoms with van der Waals surface area (Å²) in [7, 11) is 1.48.